The summed E-state index contributed by atoms with van der Waals surface area (Å²) in [5.41, 5.74) is 4.30. The van der Waals surface area contributed by atoms with Gasteiger partial charge in [-0.3, -0.25) is 14.5 Å². The fraction of sp³-hybridized carbons (Fsp3) is 0.412. The Hall–Kier alpha value is -1.90. The van der Waals surface area contributed by atoms with Crippen molar-refractivity contribution < 1.29 is 9.59 Å². The van der Waals surface area contributed by atoms with Crippen LogP contribution in [0.25, 0.3) is 0 Å². The molecule has 104 valence electrons. The Bertz CT molecular complexity index is 598. The van der Waals surface area contributed by atoms with Gasteiger partial charge in [-0.15, -0.1) is 0 Å². The third-order valence-corrected chi connectivity index (χ3v) is 4.60. The lowest BCUT2D eigenvalue weighted by atomic mass is 9.78. The summed E-state index contributed by atoms with van der Waals surface area (Å²) in [6.45, 7) is 6.11. The van der Waals surface area contributed by atoms with Crippen LogP contribution in [-0.4, -0.2) is 11.8 Å². The summed E-state index contributed by atoms with van der Waals surface area (Å²) in [4.78, 5) is 26.6. The van der Waals surface area contributed by atoms with E-state index >= 15 is 0 Å². The standard InChI is InChI=1S/C17H19NO2/c1-10-5-4-6-13(7-10)18-16(19)14-8-11(2)12(3)9-15(14)17(18)20/h4-7,14-15H,8-9H2,1-3H3/t14-,15-/m1/s1. The topological polar surface area (TPSA) is 37.4 Å². The molecule has 3 rings (SSSR count). The van der Waals surface area contributed by atoms with Gasteiger partial charge in [-0.1, -0.05) is 23.3 Å². The maximum atomic E-state index is 12.6. The van der Waals surface area contributed by atoms with Crippen molar-refractivity contribution in [2.75, 3.05) is 4.90 Å². The van der Waals surface area contributed by atoms with E-state index in [1.165, 1.54) is 16.0 Å². The number of hydrogen-bond acceptors (Lipinski definition) is 2. The van der Waals surface area contributed by atoms with E-state index in [0.29, 0.717) is 5.69 Å². The van der Waals surface area contributed by atoms with Crippen LogP contribution in [0.1, 0.15) is 32.3 Å². The average molecular weight is 269 g/mol. The molecule has 1 aliphatic heterocycles. The zero-order valence-corrected chi connectivity index (χ0v) is 12.1. The molecular weight excluding hydrogens is 250 g/mol. The minimum absolute atomic E-state index is 0.0301. The van der Waals surface area contributed by atoms with Crippen LogP contribution >= 0.6 is 0 Å². The Labute approximate surface area is 119 Å². The highest BCUT2D eigenvalue weighted by atomic mass is 16.2. The van der Waals surface area contributed by atoms with Crippen molar-refractivity contribution in [2.45, 2.75) is 33.6 Å². The van der Waals surface area contributed by atoms with Crippen LogP contribution in [0.2, 0.25) is 0 Å². The first-order valence-electron chi connectivity index (χ1n) is 7.08. The SMILES string of the molecule is CC1=C(C)C[C@H]2C(=O)N(c3cccc(C)c3)C(=O)[C@@H]2C1. The summed E-state index contributed by atoms with van der Waals surface area (Å²) in [6, 6.07) is 7.60. The lowest BCUT2D eigenvalue weighted by Gasteiger charge is -2.23. The summed E-state index contributed by atoms with van der Waals surface area (Å²) >= 11 is 0. The number of fused-ring (bicyclic) bond motifs is 1. The van der Waals surface area contributed by atoms with Gasteiger partial charge in [-0.2, -0.15) is 0 Å². The molecule has 0 spiro atoms. The van der Waals surface area contributed by atoms with Crippen molar-refractivity contribution in [3.05, 3.63) is 41.0 Å². The van der Waals surface area contributed by atoms with Crippen LogP contribution in [0.4, 0.5) is 5.69 Å². The number of rotatable bonds is 1. The number of hydrogen-bond donors (Lipinski definition) is 0. The van der Waals surface area contributed by atoms with E-state index in [1.807, 2.05) is 31.2 Å². The number of nitrogens with zero attached hydrogens (tertiary/aromatic N) is 1. The van der Waals surface area contributed by atoms with Gasteiger partial charge in [0, 0.05) is 0 Å². The molecule has 1 saturated heterocycles. The highest BCUT2D eigenvalue weighted by molar-refractivity contribution is 6.22. The Balaban J connectivity index is 1.98. The first-order valence-corrected chi connectivity index (χ1v) is 7.08. The first-order chi connectivity index (χ1) is 9.49. The van der Waals surface area contributed by atoms with Crippen molar-refractivity contribution >= 4 is 17.5 Å². The number of carbonyl (C=O) groups is 2. The minimum Gasteiger partial charge on any atom is -0.274 e. The van der Waals surface area contributed by atoms with Gasteiger partial charge in [0.25, 0.3) is 0 Å². The predicted molar refractivity (Wildman–Crippen MR) is 78.3 cm³/mol. The number of anilines is 1. The van der Waals surface area contributed by atoms with Crippen molar-refractivity contribution in [3.8, 4) is 0 Å². The fourth-order valence-electron chi connectivity index (χ4n) is 3.27. The second-order valence-corrected chi connectivity index (χ2v) is 6.03. The number of imide groups is 1. The van der Waals surface area contributed by atoms with Gasteiger partial charge in [0.1, 0.15) is 0 Å². The van der Waals surface area contributed by atoms with Crippen molar-refractivity contribution in [1.82, 2.24) is 0 Å². The average Bonchev–Trinajstić information content (AvgIpc) is 2.63. The number of amides is 2. The second-order valence-electron chi connectivity index (χ2n) is 6.03. The second kappa shape index (κ2) is 4.58. The summed E-state index contributed by atoms with van der Waals surface area (Å²) in [7, 11) is 0. The normalized spacial score (nSPS) is 26.2. The van der Waals surface area contributed by atoms with Crippen LogP contribution in [0, 0.1) is 18.8 Å². The molecule has 1 aliphatic carbocycles. The maximum Gasteiger partial charge on any atom is 0.238 e. The smallest absolute Gasteiger partial charge is 0.238 e. The van der Waals surface area contributed by atoms with Crippen LogP contribution in [0.15, 0.2) is 35.4 Å². The third kappa shape index (κ3) is 1.89. The molecule has 2 amide bonds. The lowest BCUT2D eigenvalue weighted by molar-refractivity contribution is -0.122. The summed E-state index contributed by atoms with van der Waals surface area (Å²) in [5, 5.41) is 0. The largest absolute Gasteiger partial charge is 0.274 e. The molecule has 20 heavy (non-hydrogen) atoms. The summed E-state index contributed by atoms with van der Waals surface area (Å²) in [5.74, 6) is -0.381. The van der Waals surface area contributed by atoms with Crippen molar-refractivity contribution in [3.63, 3.8) is 0 Å². The molecule has 1 heterocycles. The molecule has 0 radical (unpaired) electrons. The lowest BCUT2D eigenvalue weighted by Crippen LogP contribution is -2.30. The highest BCUT2D eigenvalue weighted by Gasteiger charge is 2.49. The molecule has 0 saturated carbocycles. The van der Waals surface area contributed by atoms with E-state index in [0.717, 1.165) is 18.4 Å². The van der Waals surface area contributed by atoms with Gasteiger partial charge >= 0.3 is 0 Å². The number of aryl methyl sites for hydroxylation is 1. The molecular formula is C17H19NO2. The maximum absolute atomic E-state index is 12.6. The molecule has 1 fully saturated rings. The molecule has 0 aromatic heterocycles. The number of benzene rings is 1. The predicted octanol–water partition coefficient (Wildman–Crippen LogP) is 3.23. The van der Waals surface area contributed by atoms with Gasteiger partial charge < -0.3 is 0 Å². The van der Waals surface area contributed by atoms with Gasteiger partial charge in [0.05, 0.1) is 17.5 Å². The number of carbonyl (C=O) groups excluding carboxylic acids is 2. The van der Waals surface area contributed by atoms with E-state index in [9.17, 15) is 9.59 Å². The van der Waals surface area contributed by atoms with Gasteiger partial charge in [0.2, 0.25) is 11.8 Å². The summed E-state index contributed by atoms with van der Waals surface area (Å²) < 4.78 is 0. The Morgan fingerprint density at radius 3 is 2.00 bits per heavy atom. The highest BCUT2D eigenvalue weighted by Crippen LogP contribution is 2.42. The molecule has 3 nitrogen and oxygen atoms in total. The molecule has 0 unspecified atom stereocenters. The molecule has 2 atom stereocenters. The van der Waals surface area contributed by atoms with E-state index in [1.54, 1.807) is 0 Å². The number of allylic oxidation sites excluding steroid dienone is 2. The van der Waals surface area contributed by atoms with Crippen molar-refractivity contribution in [2.24, 2.45) is 11.8 Å². The monoisotopic (exact) mass is 269 g/mol. The zero-order chi connectivity index (χ0) is 14.4. The van der Waals surface area contributed by atoms with Crippen LogP contribution in [0.3, 0.4) is 0 Å². The van der Waals surface area contributed by atoms with Crippen molar-refractivity contribution in [1.29, 1.82) is 0 Å². The molecule has 2 aliphatic rings. The van der Waals surface area contributed by atoms with E-state index in [-0.39, 0.29) is 23.7 Å². The van der Waals surface area contributed by atoms with Crippen LogP contribution < -0.4 is 4.90 Å². The van der Waals surface area contributed by atoms with Gasteiger partial charge in [0.15, 0.2) is 0 Å². The Morgan fingerprint density at radius 2 is 1.50 bits per heavy atom. The first kappa shape index (κ1) is 13.1. The van der Waals surface area contributed by atoms with E-state index in [2.05, 4.69) is 13.8 Å². The zero-order valence-electron chi connectivity index (χ0n) is 12.1. The molecule has 1 aromatic carbocycles. The van der Waals surface area contributed by atoms with Gasteiger partial charge in [-0.25, -0.2) is 0 Å². The molecule has 0 N–H and O–H groups in total. The quantitative estimate of drug-likeness (QED) is 0.580. The summed E-state index contributed by atoms with van der Waals surface area (Å²) in [6.07, 6.45) is 1.45. The molecule has 1 aromatic rings. The molecule has 0 bridgehead atoms. The Kier molecular flexibility index (Phi) is 3.00. The fourth-order valence-corrected chi connectivity index (χ4v) is 3.27. The molecule has 3 heteroatoms. The Morgan fingerprint density at radius 1 is 0.950 bits per heavy atom. The van der Waals surface area contributed by atoms with Gasteiger partial charge in [-0.05, 0) is 51.3 Å². The van der Waals surface area contributed by atoms with Crippen LogP contribution in [0.5, 0.6) is 0 Å². The minimum atomic E-state index is -0.160. The van der Waals surface area contributed by atoms with E-state index in [4.69, 9.17) is 0 Å². The van der Waals surface area contributed by atoms with E-state index < -0.39 is 0 Å². The van der Waals surface area contributed by atoms with Crippen LogP contribution in [-0.2, 0) is 9.59 Å². The third-order valence-electron chi connectivity index (χ3n) is 4.60.